The van der Waals surface area contributed by atoms with Gasteiger partial charge in [0.25, 0.3) is 5.91 Å². The maximum Gasteiger partial charge on any atom is 0.274 e. The van der Waals surface area contributed by atoms with Gasteiger partial charge in [-0.1, -0.05) is 18.2 Å². The van der Waals surface area contributed by atoms with Crippen molar-refractivity contribution >= 4 is 11.8 Å². The fraction of sp³-hybridized carbons (Fsp3) is 0.316. The fourth-order valence-corrected chi connectivity index (χ4v) is 4.39. The molecule has 0 bridgehead atoms. The van der Waals surface area contributed by atoms with Gasteiger partial charge in [-0.05, 0) is 48.1 Å². The zero-order valence-electron chi connectivity index (χ0n) is 13.7. The van der Waals surface area contributed by atoms with Crippen LogP contribution < -0.4 is 10.8 Å². The van der Waals surface area contributed by atoms with E-state index in [0.717, 1.165) is 23.1 Å². The van der Waals surface area contributed by atoms with Crippen molar-refractivity contribution < 1.29 is 14.8 Å². The number of amides is 2. The largest absolute Gasteiger partial charge is 0.356 e. The van der Waals surface area contributed by atoms with Gasteiger partial charge in [0.2, 0.25) is 5.91 Å². The molecule has 1 aromatic heterocycles. The Kier molecular flexibility index (Phi) is 3.77. The zero-order valence-corrected chi connectivity index (χ0v) is 13.7. The van der Waals surface area contributed by atoms with Gasteiger partial charge in [0.1, 0.15) is 0 Å². The Morgan fingerprint density at radius 1 is 1.36 bits per heavy atom. The lowest BCUT2D eigenvalue weighted by atomic mass is 9.72. The molecule has 6 nitrogen and oxygen atoms in total. The molecule has 3 N–H and O–H groups in total. The zero-order chi connectivity index (χ0) is 17.4. The summed E-state index contributed by atoms with van der Waals surface area (Å²) in [5, 5.41) is 12.0. The molecule has 2 atom stereocenters. The van der Waals surface area contributed by atoms with E-state index < -0.39 is 11.3 Å². The van der Waals surface area contributed by atoms with Crippen LogP contribution >= 0.6 is 0 Å². The summed E-state index contributed by atoms with van der Waals surface area (Å²) < 4.78 is 0. The number of pyridine rings is 1. The van der Waals surface area contributed by atoms with Gasteiger partial charge in [-0.3, -0.25) is 19.8 Å². The Morgan fingerprint density at radius 3 is 2.92 bits per heavy atom. The minimum Gasteiger partial charge on any atom is -0.356 e. The van der Waals surface area contributed by atoms with Crippen molar-refractivity contribution in [3.05, 3.63) is 65.0 Å². The van der Waals surface area contributed by atoms with E-state index in [9.17, 15) is 9.59 Å². The first-order valence-corrected chi connectivity index (χ1v) is 8.39. The summed E-state index contributed by atoms with van der Waals surface area (Å²) in [5.41, 5.74) is 4.56. The monoisotopic (exact) mass is 337 g/mol. The second kappa shape index (κ2) is 5.97. The Balaban J connectivity index is 1.82. The smallest absolute Gasteiger partial charge is 0.274 e. The molecule has 1 saturated heterocycles. The maximum absolute atomic E-state index is 12.7. The number of hydrogen-bond acceptors (Lipinski definition) is 4. The molecule has 6 heteroatoms. The van der Waals surface area contributed by atoms with Gasteiger partial charge in [-0.2, -0.15) is 0 Å². The van der Waals surface area contributed by atoms with Crippen LogP contribution in [0.15, 0.2) is 42.7 Å². The van der Waals surface area contributed by atoms with E-state index in [0.29, 0.717) is 24.9 Å². The summed E-state index contributed by atoms with van der Waals surface area (Å²) in [6.07, 6.45) is 5.50. The van der Waals surface area contributed by atoms with Crippen LogP contribution in [0.3, 0.4) is 0 Å². The number of aromatic nitrogens is 1. The second-order valence-electron chi connectivity index (χ2n) is 6.77. The van der Waals surface area contributed by atoms with Crippen LogP contribution in [0.4, 0.5) is 0 Å². The molecule has 2 unspecified atom stereocenters. The number of hydrogen-bond donors (Lipinski definition) is 3. The molecule has 1 aliphatic heterocycles. The lowest BCUT2D eigenvalue weighted by molar-refractivity contribution is -0.128. The first kappa shape index (κ1) is 15.8. The van der Waals surface area contributed by atoms with E-state index in [2.05, 4.69) is 10.3 Å². The van der Waals surface area contributed by atoms with Crippen LogP contribution in [0.1, 0.15) is 39.4 Å². The summed E-state index contributed by atoms with van der Waals surface area (Å²) >= 11 is 0. The molecular formula is C19H19N3O3. The van der Waals surface area contributed by atoms with Crippen LogP contribution in [-0.2, 0) is 17.6 Å². The molecule has 4 rings (SSSR count). The molecule has 1 aromatic carbocycles. The second-order valence-corrected chi connectivity index (χ2v) is 6.77. The summed E-state index contributed by atoms with van der Waals surface area (Å²) in [6, 6.07) is 9.39. The number of fused-ring (bicyclic) bond motifs is 1. The lowest BCUT2D eigenvalue weighted by Crippen LogP contribution is -2.36. The molecule has 2 aromatic rings. The molecule has 2 heterocycles. The number of nitrogens with zero attached hydrogens (tertiary/aromatic N) is 1. The molecule has 0 saturated carbocycles. The first-order valence-electron chi connectivity index (χ1n) is 8.39. The first-order chi connectivity index (χ1) is 12.2. The van der Waals surface area contributed by atoms with Gasteiger partial charge in [0, 0.05) is 30.4 Å². The van der Waals surface area contributed by atoms with Gasteiger partial charge in [0.05, 0.1) is 5.41 Å². The average molecular weight is 337 g/mol. The van der Waals surface area contributed by atoms with Crippen molar-refractivity contribution in [2.75, 3.05) is 6.54 Å². The summed E-state index contributed by atoms with van der Waals surface area (Å²) in [6.45, 7) is 0.651. The Bertz CT molecular complexity index is 837. The number of hydroxylamine groups is 1. The minimum absolute atomic E-state index is 0.0133. The summed E-state index contributed by atoms with van der Waals surface area (Å²) in [7, 11) is 0. The lowest BCUT2D eigenvalue weighted by Gasteiger charge is -2.29. The topological polar surface area (TPSA) is 91.3 Å². The van der Waals surface area contributed by atoms with E-state index in [-0.39, 0.29) is 11.8 Å². The van der Waals surface area contributed by atoms with E-state index >= 15 is 0 Å². The van der Waals surface area contributed by atoms with Gasteiger partial charge in [-0.25, -0.2) is 5.48 Å². The Morgan fingerprint density at radius 2 is 2.24 bits per heavy atom. The van der Waals surface area contributed by atoms with Crippen molar-refractivity contribution in [1.29, 1.82) is 0 Å². The maximum atomic E-state index is 12.7. The molecule has 128 valence electrons. The number of benzene rings is 1. The minimum atomic E-state index is -0.538. The van der Waals surface area contributed by atoms with Crippen molar-refractivity contribution in [2.24, 2.45) is 5.41 Å². The highest BCUT2D eigenvalue weighted by Gasteiger charge is 2.54. The SMILES string of the molecule is O=C(NO)c1cccc2c1CC1(CCNC1=O)C2Cc1cccnc1. The van der Waals surface area contributed by atoms with Gasteiger partial charge < -0.3 is 5.32 Å². The van der Waals surface area contributed by atoms with Crippen LogP contribution in [0, 0.1) is 5.41 Å². The summed E-state index contributed by atoms with van der Waals surface area (Å²) in [5.74, 6) is -0.499. The molecule has 1 fully saturated rings. The van der Waals surface area contributed by atoms with Gasteiger partial charge >= 0.3 is 0 Å². The van der Waals surface area contributed by atoms with Crippen LogP contribution in [0.25, 0.3) is 0 Å². The molecule has 2 aliphatic rings. The normalized spacial score (nSPS) is 24.2. The van der Waals surface area contributed by atoms with E-state index in [1.54, 1.807) is 17.7 Å². The Labute approximate surface area is 145 Å². The molecule has 1 aliphatic carbocycles. The molecule has 1 spiro atoms. The molecule has 2 amide bonds. The highest BCUT2D eigenvalue weighted by atomic mass is 16.5. The number of rotatable bonds is 3. The molecule has 25 heavy (non-hydrogen) atoms. The van der Waals surface area contributed by atoms with Crippen LogP contribution in [-0.4, -0.2) is 28.6 Å². The third kappa shape index (κ3) is 2.41. The van der Waals surface area contributed by atoms with Crippen molar-refractivity contribution in [2.45, 2.75) is 25.2 Å². The number of nitrogens with one attached hydrogen (secondary N) is 2. The van der Waals surface area contributed by atoms with Crippen LogP contribution in [0.5, 0.6) is 0 Å². The fourth-order valence-electron chi connectivity index (χ4n) is 4.39. The van der Waals surface area contributed by atoms with Crippen molar-refractivity contribution in [3.63, 3.8) is 0 Å². The highest BCUT2D eigenvalue weighted by Crippen LogP contribution is 2.53. The third-order valence-corrected chi connectivity index (χ3v) is 5.56. The van der Waals surface area contributed by atoms with Crippen LogP contribution in [0.2, 0.25) is 0 Å². The van der Waals surface area contributed by atoms with E-state index in [1.165, 1.54) is 0 Å². The Hall–Kier alpha value is -2.73. The standard InChI is InChI=1S/C19H19N3O3/c23-17(22-25)14-5-1-4-13-15(14)10-19(6-8-21-18(19)24)16(13)9-12-3-2-7-20-11-12/h1-5,7,11,16,25H,6,8-10H2,(H,21,24)(H,22,23). The predicted molar refractivity (Wildman–Crippen MR) is 90.1 cm³/mol. The average Bonchev–Trinajstić information content (AvgIpc) is 3.16. The summed E-state index contributed by atoms with van der Waals surface area (Å²) in [4.78, 5) is 29.0. The number of carbonyl (C=O) groups is 2. The predicted octanol–water partition coefficient (Wildman–Crippen LogP) is 1.59. The quantitative estimate of drug-likeness (QED) is 0.586. The molecular weight excluding hydrogens is 318 g/mol. The van der Waals surface area contributed by atoms with Crippen molar-refractivity contribution in [3.8, 4) is 0 Å². The van der Waals surface area contributed by atoms with Crippen molar-refractivity contribution in [1.82, 2.24) is 15.8 Å². The van der Waals surface area contributed by atoms with Gasteiger partial charge in [0.15, 0.2) is 0 Å². The number of carbonyl (C=O) groups excluding carboxylic acids is 2. The molecule has 0 radical (unpaired) electrons. The van der Waals surface area contributed by atoms with E-state index in [4.69, 9.17) is 5.21 Å². The third-order valence-electron chi connectivity index (χ3n) is 5.56. The van der Waals surface area contributed by atoms with Gasteiger partial charge in [-0.15, -0.1) is 0 Å². The van der Waals surface area contributed by atoms with E-state index in [1.807, 2.05) is 30.5 Å². The highest BCUT2D eigenvalue weighted by molar-refractivity contribution is 5.97.